The monoisotopic (exact) mass is 594 g/mol. The van der Waals surface area contributed by atoms with Gasteiger partial charge in [-0.3, -0.25) is 9.36 Å². The van der Waals surface area contributed by atoms with E-state index in [0.717, 1.165) is 0 Å². The molecule has 0 saturated heterocycles. The Morgan fingerprint density at radius 2 is 1.95 bits per heavy atom. The van der Waals surface area contributed by atoms with Crippen LogP contribution in [0.2, 0.25) is 10.0 Å². The molecular weight excluding hydrogens is 571 g/mol. The van der Waals surface area contributed by atoms with Crippen LogP contribution in [0.25, 0.3) is 17.4 Å². The lowest BCUT2D eigenvalue weighted by atomic mass is 9.96. The second-order valence-corrected chi connectivity index (χ2v) is 10.6. The maximum Gasteiger partial charge on any atom is 0.338 e. The maximum atomic E-state index is 13.8. The number of furan rings is 1. The second-order valence-electron chi connectivity index (χ2n) is 8.77. The average molecular weight is 596 g/mol. The Balaban J connectivity index is 1.61. The molecule has 0 aliphatic carbocycles. The highest BCUT2D eigenvalue weighted by Crippen LogP contribution is 2.35. The summed E-state index contributed by atoms with van der Waals surface area (Å²) in [7, 11) is 0. The predicted molar refractivity (Wildman–Crippen MR) is 157 cm³/mol. The number of carbonyl (C=O) groups is 1. The number of rotatable bonds is 8. The van der Waals surface area contributed by atoms with Gasteiger partial charge in [0.2, 0.25) is 0 Å². The van der Waals surface area contributed by atoms with Crippen molar-refractivity contribution in [2.24, 2.45) is 4.99 Å². The molecule has 0 radical (unpaired) electrons. The Kier molecular flexibility index (Phi) is 8.12. The van der Waals surface area contributed by atoms with Crippen molar-refractivity contribution >= 4 is 46.6 Å². The van der Waals surface area contributed by atoms with Crippen molar-refractivity contribution in [3.05, 3.63) is 120 Å². The van der Waals surface area contributed by atoms with Gasteiger partial charge in [0.15, 0.2) is 4.80 Å². The van der Waals surface area contributed by atoms with Crippen LogP contribution in [-0.2, 0) is 9.53 Å². The molecule has 10 heteroatoms. The number of allylic oxidation sites excluding steroid dienone is 1. The highest BCUT2D eigenvalue weighted by atomic mass is 35.5. The van der Waals surface area contributed by atoms with Gasteiger partial charge in [0.25, 0.3) is 5.56 Å². The van der Waals surface area contributed by atoms with E-state index in [2.05, 4.69) is 11.6 Å². The highest BCUT2D eigenvalue weighted by molar-refractivity contribution is 7.07. The van der Waals surface area contributed by atoms with E-state index < -0.39 is 12.0 Å². The Hall–Kier alpha value is -3.85. The van der Waals surface area contributed by atoms with Gasteiger partial charge in [-0.15, -0.1) is 0 Å². The molecule has 0 unspecified atom stereocenters. The highest BCUT2D eigenvalue weighted by Gasteiger charge is 2.33. The summed E-state index contributed by atoms with van der Waals surface area (Å²) in [6.07, 6.45) is 3.31. The van der Waals surface area contributed by atoms with E-state index in [1.165, 1.54) is 15.9 Å². The summed E-state index contributed by atoms with van der Waals surface area (Å²) < 4.78 is 18.9. The number of thiazole rings is 1. The molecule has 40 heavy (non-hydrogen) atoms. The molecule has 1 aliphatic rings. The average Bonchev–Trinajstić information content (AvgIpc) is 3.52. The van der Waals surface area contributed by atoms with Crippen LogP contribution in [0.1, 0.15) is 31.2 Å². The van der Waals surface area contributed by atoms with E-state index in [4.69, 9.17) is 37.1 Å². The zero-order valence-corrected chi connectivity index (χ0v) is 24.0. The molecule has 4 aromatic rings. The number of nitrogens with zero attached hydrogens (tertiary/aromatic N) is 2. The van der Waals surface area contributed by atoms with Gasteiger partial charge in [-0.1, -0.05) is 65.4 Å². The lowest BCUT2D eigenvalue weighted by Crippen LogP contribution is -2.39. The summed E-state index contributed by atoms with van der Waals surface area (Å²) in [4.78, 5) is 32.0. The van der Waals surface area contributed by atoms with Crippen LogP contribution in [0.3, 0.4) is 0 Å². The van der Waals surface area contributed by atoms with Gasteiger partial charge in [-0.25, -0.2) is 9.79 Å². The molecule has 0 N–H and O–H groups in total. The molecule has 2 aromatic heterocycles. The molecule has 1 aliphatic heterocycles. The molecule has 0 saturated carbocycles. The van der Waals surface area contributed by atoms with Gasteiger partial charge in [-0.2, -0.15) is 0 Å². The van der Waals surface area contributed by atoms with Crippen molar-refractivity contribution in [2.45, 2.75) is 19.9 Å². The minimum atomic E-state index is -0.733. The van der Waals surface area contributed by atoms with Gasteiger partial charge in [0.1, 0.15) is 23.9 Å². The zero-order valence-electron chi connectivity index (χ0n) is 21.6. The van der Waals surface area contributed by atoms with Crippen LogP contribution < -0.4 is 19.6 Å². The summed E-state index contributed by atoms with van der Waals surface area (Å²) in [5.74, 6) is 1.09. The fourth-order valence-electron chi connectivity index (χ4n) is 4.41. The van der Waals surface area contributed by atoms with Crippen molar-refractivity contribution < 1.29 is 18.7 Å². The Morgan fingerprint density at radius 3 is 2.67 bits per heavy atom. The molecule has 0 amide bonds. The van der Waals surface area contributed by atoms with Crippen LogP contribution >= 0.6 is 34.5 Å². The molecule has 2 aromatic carbocycles. The van der Waals surface area contributed by atoms with Crippen LogP contribution in [0.5, 0.6) is 5.75 Å². The van der Waals surface area contributed by atoms with Crippen LogP contribution in [0.15, 0.2) is 92.7 Å². The summed E-state index contributed by atoms with van der Waals surface area (Å²) >= 11 is 13.7. The fraction of sp³-hybridized carbons (Fsp3) is 0.167. The Bertz CT molecular complexity index is 1820. The van der Waals surface area contributed by atoms with E-state index in [1.807, 2.05) is 12.1 Å². The minimum Gasteiger partial charge on any atom is -0.490 e. The van der Waals surface area contributed by atoms with Crippen molar-refractivity contribution in [1.82, 2.24) is 4.57 Å². The number of carbonyl (C=O) groups excluding carboxylic acids is 1. The van der Waals surface area contributed by atoms with Gasteiger partial charge in [-0.05, 0) is 55.8 Å². The third kappa shape index (κ3) is 5.30. The third-order valence-electron chi connectivity index (χ3n) is 6.20. The molecule has 1 atom stereocenters. The minimum absolute atomic E-state index is 0.193. The van der Waals surface area contributed by atoms with E-state index >= 15 is 0 Å². The first kappa shape index (κ1) is 27.7. The molecule has 0 bridgehead atoms. The molecule has 5 rings (SSSR count). The van der Waals surface area contributed by atoms with E-state index in [0.29, 0.717) is 65.7 Å². The number of halogens is 2. The van der Waals surface area contributed by atoms with Gasteiger partial charge >= 0.3 is 5.97 Å². The number of fused-ring (bicyclic) bond motifs is 1. The summed E-state index contributed by atoms with van der Waals surface area (Å²) in [6, 6.07) is 15.3. The SMILES string of the molecule is C=CCOc1ccc([C@H]2C(C(=O)OCC)=C(C)N=c3s/c(=C\c4ccc(-c5cccc(Cl)c5Cl)o4)c(=O)n32)cc1. The van der Waals surface area contributed by atoms with Crippen molar-refractivity contribution in [2.75, 3.05) is 13.2 Å². The Labute approximate surface area is 243 Å². The largest absolute Gasteiger partial charge is 0.490 e. The normalized spacial score (nSPS) is 15.0. The lowest BCUT2D eigenvalue weighted by molar-refractivity contribution is -0.139. The first-order valence-corrected chi connectivity index (χ1v) is 14.0. The summed E-state index contributed by atoms with van der Waals surface area (Å²) in [5.41, 5.74) is 1.83. The number of aromatic nitrogens is 1. The molecule has 0 spiro atoms. The number of ether oxygens (including phenoxy) is 2. The van der Waals surface area contributed by atoms with Crippen LogP contribution in [-0.4, -0.2) is 23.8 Å². The van der Waals surface area contributed by atoms with E-state index in [-0.39, 0.29) is 12.2 Å². The maximum absolute atomic E-state index is 13.8. The number of esters is 1. The molecule has 7 nitrogen and oxygen atoms in total. The quantitative estimate of drug-likeness (QED) is 0.186. The van der Waals surface area contributed by atoms with E-state index in [1.54, 1.807) is 68.5 Å². The Morgan fingerprint density at radius 1 is 1.18 bits per heavy atom. The molecule has 204 valence electrons. The lowest BCUT2D eigenvalue weighted by Gasteiger charge is -2.24. The smallest absolute Gasteiger partial charge is 0.338 e. The van der Waals surface area contributed by atoms with E-state index in [9.17, 15) is 9.59 Å². The topological polar surface area (TPSA) is 83.0 Å². The number of benzene rings is 2. The summed E-state index contributed by atoms with van der Waals surface area (Å²) in [5, 5.41) is 0.797. The number of hydrogen-bond acceptors (Lipinski definition) is 7. The van der Waals surface area contributed by atoms with Gasteiger partial charge in [0.05, 0.1) is 38.5 Å². The molecular formula is C30H24Cl2N2O5S. The standard InChI is InChI=1S/C30H24Cl2N2O5S/c1-4-15-38-19-11-9-18(10-12-19)27-25(29(36)37-5-2)17(3)33-30-34(27)28(35)24(40-30)16-20-13-14-23(39-20)21-7-6-8-22(31)26(21)32/h4,6-14,16,27H,1,5,15H2,2-3H3/b24-16-/t27-/m0/s1. The molecule has 0 fully saturated rings. The first-order chi connectivity index (χ1) is 19.3. The van der Waals surface area contributed by atoms with Crippen LogP contribution in [0.4, 0.5) is 0 Å². The predicted octanol–water partition coefficient (Wildman–Crippen LogP) is 5.93. The number of hydrogen-bond donors (Lipinski definition) is 0. The van der Waals surface area contributed by atoms with Gasteiger partial charge in [0, 0.05) is 11.6 Å². The van der Waals surface area contributed by atoms with Crippen molar-refractivity contribution in [3.8, 4) is 17.1 Å². The molecule has 3 heterocycles. The summed E-state index contributed by atoms with van der Waals surface area (Å²) in [6.45, 7) is 7.69. The third-order valence-corrected chi connectivity index (χ3v) is 8.00. The van der Waals surface area contributed by atoms with Gasteiger partial charge < -0.3 is 13.9 Å². The van der Waals surface area contributed by atoms with Crippen molar-refractivity contribution in [3.63, 3.8) is 0 Å². The zero-order chi connectivity index (χ0) is 28.4. The fourth-order valence-corrected chi connectivity index (χ4v) is 5.83. The van der Waals surface area contributed by atoms with Crippen molar-refractivity contribution in [1.29, 1.82) is 0 Å². The first-order valence-electron chi connectivity index (χ1n) is 12.4. The van der Waals surface area contributed by atoms with Crippen LogP contribution in [0, 0.1) is 0 Å². The second kappa shape index (κ2) is 11.7.